The molecule has 0 radical (unpaired) electrons. The maximum absolute atomic E-state index is 12.4. The van der Waals surface area contributed by atoms with E-state index in [1.54, 1.807) is 18.5 Å². The number of pyridine rings is 1. The van der Waals surface area contributed by atoms with Crippen LogP contribution in [-0.2, 0) is 4.79 Å². The number of carbonyl (C=O) groups excluding carboxylic acids is 2. The summed E-state index contributed by atoms with van der Waals surface area (Å²) in [5.74, 6) is -0.424. The van der Waals surface area contributed by atoms with E-state index in [9.17, 15) is 9.59 Å². The maximum Gasteiger partial charge on any atom is 0.271 e. The number of thioether (sulfide) groups is 1. The molecule has 2 aromatic carbocycles. The standard InChI is InChI=1S/C22H16Cl2N6O2S/c23-15-8-9-18(24)17(11-15)21(32)28-26-19(31)13-33-22-29-27-20(14-5-4-10-25-12-14)30(22)16-6-2-1-3-7-16/h1-12H,13H2,(H,26,31)(H,28,32). The summed E-state index contributed by atoms with van der Waals surface area (Å²) in [6.45, 7) is 0. The van der Waals surface area contributed by atoms with Gasteiger partial charge in [0.05, 0.1) is 16.3 Å². The molecule has 2 amide bonds. The molecule has 0 atom stereocenters. The number of hydrogen-bond acceptors (Lipinski definition) is 6. The van der Waals surface area contributed by atoms with Crippen LogP contribution in [0.3, 0.4) is 0 Å². The number of nitrogens with one attached hydrogen (secondary N) is 2. The van der Waals surface area contributed by atoms with E-state index in [0.717, 1.165) is 11.3 Å². The SMILES string of the molecule is O=C(CSc1nnc(-c2cccnc2)n1-c1ccccc1)NNC(=O)c1cc(Cl)ccc1Cl. The molecule has 33 heavy (non-hydrogen) atoms. The molecule has 0 fully saturated rings. The molecule has 0 aliphatic carbocycles. The molecule has 8 nitrogen and oxygen atoms in total. The summed E-state index contributed by atoms with van der Waals surface area (Å²) in [4.78, 5) is 28.8. The van der Waals surface area contributed by atoms with E-state index < -0.39 is 11.8 Å². The molecular formula is C22H16Cl2N6O2S. The Kier molecular flexibility index (Phi) is 7.23. The molecule has 4 rings (SSSR count). The van der Waals surface area contributed by atoms with E-state index >= 15 is 0 Å². The van der Waals surface area contributed by atoms with E-state index in [1.165, 1.54) is 23.9 Å². The van der Waals surface area contributed by atoms with Crippen molar-refractivity contribution in [3.8, 4) is 17.1 Å². The Morgan fingerprint density at radius 2 is 1.79 bits per heavy atom. The minimum atomic E-state index is -0.577. The number of amides is 2. The Balaban J connectivity index is 1.46. The van der Waals surface area contributed by atoms with Crippen LogP contribution < -0.4 is 10.9 Å². The van der Waals surface area contributed by atoms with Crippen LogP contribution in [0.1, 0.15) is 10.4 Å². The monoisotopic (exact) mass is 498 g/mol. The average molecular weight is 499 g/mol. The average Bonchev–Trinajstić information content (AvgIpc) is 3.28. The molecule has 0 saturated carbocycles. The van der Waals surface area contributed by atoms with Gasteiger partial charge in [-0.3, -0.25) is 30.0 Å². The van der Waals surface area contributed by atoms with E-state index in [-0.39, 0.29) is 16.3 Å². The van der Waals surface area contributed by atoms with E-state index in [2.05, 4.69) is 26.0 Å². The highest BCUT2D eigenvalue weighted by atomic mass is 35.5. The zero-order chi connectivity index (χ0) is 23.2. The predicted molar refractivity (Wildman–Crippen MR) is 127 cm³/mol. The van der Waals surface area contributed by atoms with Crippen molar-refractivity contribution in [2.24, 2.45) is 0 Å². The van der Waals surface area contributed by atoms with E-state index in [1.807, 2.05) is 47.0 Å². The van der Waals surface area contributed by atoms with Crippen molar-refractivity contribution in [2.75, 3.05) is 5.75 Å². The molecule has 0 unspecified atom stereocenters. The Morgan fingerprint density at radius 3 is 2.55 bits per heavy atom. The molecule has 4 aromatic rings. The van der Waals surface area contributed by atoms with Gasteiger partial charge in [-0.2, -0.15) is 0 Å². The van der Waals surface area contributed by atoms with Gasteiger partial charge < -0.3 is 0 Å². The third-order valence-corrected chi connectivity index (χ3v) is 5.88. The van der Waals surface area contributed by atoms with Crippen molar-refractivity contribution in [3.05, 3.63) is 88.7 Å². The Hall–Kier alpha value is -3.40. The first-order valence-corrected chi connectivity index (χ1v) is 11.4. The number of para-hydroxylation sites is 1. The van der Waals surface area contributed by atoms with Crippen molar-refractivity contribution in [2.45, 2.75) is 5.16 Å². The van der Waals surface area contributed by atoms with Gasteiger partial charge >= 0.3 is 0 Å². The fourth-order valence-electron chi connectivity index (χ4n) is 2.89. The summed E-state index contributed by atoms with van der Waals surface area (Å²) in [6, 6.07) is 17.7. The molecule has 2 heterocycles. The van der Waals surface area contributed by atoms with Gasteiger partial charge in [0, 0.05) is 28.7 Å². The number of carbonyl (C=O) groups is 2. The highest BCUT2D eigenvalue weighted by molar-refractivity contribution is 7.99. The lowest BCUT2D eigenvalue weighted by Crippen LogP contribution is -2.42. The molecule has 0 aliphatic heterocycles. The third-order valence-electron chi connectivity index (χ3n) is 4.39. The van der Waals surface area contributed by atoms with Crippen LogP contribution in [0, 0.1) is 0 Å². The molecule has 0 spiro atoms. The fourth-order valence-corrected chi connectivity index (χ4v) is 4.01. The summed E-state index contributed by atoms with van der Waals surface area (Å²) in [5.41, 5.74) is 6.48. The molecule has 2 N–H and O–H groups in total. The molecule has 0 aliphatic rings. The second-order valence-corrected chi connectivity index (χ2v) is 8.42. The number of aromatic nitrogens is 4. The molecule has 0 saturated heterocycles. The van der Waals surface area contributed by atoms with E-state index in [0.29, 0.717) is 16.0 Å². The first kappa shape index (κ1) is 22.8. The lowest BCUT2D eigenvalue weighted by Gasteiger charge is -2.11. The highest BCUT2D eigenvalue weighted by Crippen LogP contribution is 2.27. The molecule has 11 heteroatoms. The first-order chi connectivity index (χ1) is 16.0. The summed E-state index contributed by atoms with van der Waals surface area (Å²) < 4.78 is 1.85. The highest BCUT2D eigenvalue weighted by Gasteiger charge is 2.18. The first-order valence-electron chi connectivity index (χ1n) is 9.61. The van der Waals surface area contributed by atoms with Crippen LogP contribution in [0.15, 0.2) is 78.2 Å². The normalized spacial score (nSPS) is 10.6. The smallest absolute Gasteiger partial charge is 0.271 e. The van der Waals surface area contributed by atoms with Crippen LogP contribution >= 0.6 is 35.0 Å². The molecule has 0 bridgehead atoms. The van der Waals surface area contributed by atoms with E-state index in [4.69, 9.17) is 23.2 Å². The van der Waals surface area contributed by atoms with Gasteiger partial charge in [-0.1, -0.05) is 53.2 Å². The van der Waals surface area contributed by atoms with Crippen molar-refractivity contribution in [1.29, 1.82) is 0 Å². The number of halogens is 2. The number of rotatable bonds is 6. The van der Waals surface area contributed by atoms with Crippen LogP contribution in [-0.4, -0.2) is 37.3 Å². The zero-order valence-electron chi connectivity index (χ0n) is 16.9. The summed E-state index contributed by atoms with van der Waals surface area (Å²) in [7, 11) is 0. The Labute approximate surface area is 203 Å². The van der Waals surface area contributed by atoms with Crippen LogP contribution in [0.5, 0.6) is 0 Å². The summed E-state index contributed by atoms with van der Waals surface area (Å²) >= 11 is 13.1. The fraction of sp³-hybridized carbons (Fsp3) is 0.0455. The van der Waals surface area contributed by atoms with Crippen molar-refractivity contribution < 1.29 is 9.59 Å². The second-order valence-electron chi connectivity index (χ2n) is 6.63. The molecule has 166 valence electrons. The van der Waals surface area contributed by atoms with Gasteiger partial charge in [-0.05, 0) is 42.5 Å². The Morgan fingerprint density at radius 1 is 0.970 bits per heavy atom. The van der Waals surface area contributed by atoms with Gasteiger partial charge in [-0.15, -0.1) is 10.2 Å². The van der Waals surface area contributed by atoms with Gasteiger partial charge in [0.1, 0.15) is 0 Å². The van der Waals surface area contributed by atoms with Crippen molar-refractivity contribution in [3.63, 3.8) is 0 Å². The Bertz CT molecular complexity index is 1280. The lowest BCUT2D eigenvalue weighted by atomic mass is 10.2. The van der Waals surface area contributed by atoms with Crippen LogP contribution in [0.4, 0.5) is 0 Å². The number of benzene rings is 2. The quantitative estimate of drug-likeness (QED) is 0.305. The minimum Gasteiger partial charge on any atom is -0.272 e. The molecule has 2 aromatic heterocycles. The number of nitrogens with zero attached hydrogens (tertiary/aromatic N) is 4. The second kappa shape index (κ2) is 10.5. The largest absolute Gasteiger partial charge is 0.272 e. The van der Waals surface area contributed by atoms with Gasteiger partial charge in [0.15, 0.2) is 11.0 Å². The van der Waals surface area contributed by atoms with Gasteiger partial charge in [0.2, 0.25) is 5.91 Å². The number of hydrazine groups is 1. The van der Waals surface area contributed by atoms with Crippen molar-refractivity contribution >= 4 is 46.8 Å². The third kappa shape index (κ3) is 5.51. The number of hydrogen-bond donors (Lipinski definition) is 2. The van der Waals surface area contributed by atoms with Gasteiger partial charge in [0.25, 0.3) is 5.91 Å². The zero-order valence-corrected chi connectivity index (χ0v) is 19.2. The van der Waals surface area contributed by atoms with Gasteiger partial charge in [-0.25, -0.2) is 0 Å². The maximum atomic E-state index is 12.4. The summed E-state index contributed by atoms with van der Waals surface area (Å²) in [6.07, 6.45) is 3.37. The van der Waals surface area contributed by atoms with Crippen LogP contribution in [0.25, 0.3) is 17.1 Å². The topological polar surface area (TPSA) is 102 Å². The predicted octanol–water partition coefficient (Wildman–Crippen LogP) is 4.19. The van der Waals surface area contributed by atoms with Crippen molar-refractivity contribution in [1.82, 2.24) is 30.6 Å². The summed E-state index contributed by atoms with van der Waals surface area (Å²) in [5, 5.41) is 9.64. The molecular weight excluding hydrogens is 483 g/mol. The minimum absolute atomic E-state index is 0.0123. The lowest BCUT2D eigenvalue weighted by molar-refractivity contribution is -0.119. The van der Waals surface area contributed by atoms with Crippen LogP contribution in [0.2, 0.25) is 10.0 Å².